The Kier molecular flexibility index (Phi) is 5.46. The monoisotopic (exact) mass is 468 g/mol. The Balaban J connectivity index is 1.58. The topological polar surface area (TPSA) is 84.0 Å². The summed E-state index contributed by atoms with van der Waals surface area (Å²) in [6.07, 6.45) is 1.00. The predicted octanol–water partition coefficient (Wildman–Crippen LogP) is 4.22. The number of rotatable bonds is 5. The van der Waals surface area contributed by atoms with E-state index in [-0.39, 0.29) is 17.7 Å². The highest BCUT2D eigenvalue weighted by atomic mass is 35.5. The van der Waals surface area contributed by atoms with Crippen LogP contribution in [-0.2, 0) is 0 Å². The zero-order valence-electron chi connectivity index (χ0n) is 18.6. The number of carbonyl (C=O) groups excluding carboxylic acids is 1. The van der Waals surface area contributed by atoms with Crippen molar-refractivity contribution in [1.82, 2.24) is 9.88 Å². The van der Waals surface area contributed by atoms with Gasteiger partial charge in [0.15, 0.2) is 11.5 Å². The van der Waals surface area contributed by atoms with Gasteiger partial charge in [0.25, 0.3) is 5.91 Å². The lowest BCUT2D eigenvalue weighted by atomic mass is 9.80. The first-order chi connectivity index (χ1) is 16.0. The summed E-state index contributed by atoms with van der Waals surface area (Å²) < 4.78 is 16.5. The number of aliphatic hydroxyl groups is 1. The van der Waals surface area contributed by atoms with E-state index in [0.717, 1.165) is 22.2 Å². The molecule has 33 heavy (non-hydrogen) atoms. The molecule has 0 bridgehead atoms. The number of nitrogens with one attached hydrogen (secondary N) is 1. The lowest BCUT2D eigenvalue weighted by molar-refractivity contribution is 0.0812. The summed E-state index contributed by atoms with van der Waals surface area (Å²) in [4.78, 5) is 18.6. The van der Waals surface area contributed by atoms with E-state index >= 15 is 0 Å². The Morgan fingerprint density at radius 1 is 1.12 bits per heavy atom. The molecule has 2 heterocycles. The first-order valence-corrected chi connectivity index (χ1v) is 11.2. The number of methoxy groups -OCH3 is 3. The average Bonchev–Trinajstić information content (AvgIpc) is 3.43. The predicted molar refractivity (Wildman–Crippen MR) is 125 cm³/mol. The molecule has 3 aromatic rings. The standard InChI is InChI=1S/C25H25ClN2O5/c1-31-20-9-13-8-17(27-22(13)24(33-3)23(20)32-2)25(30)28-12-14(11-26)21-16-7-5-4-6-15(16)19(29)10-18(21)28/h4-10,14,19,21,27,29H,11-12H2,1-3H3/t14-,19?,21?/m1/s1. The second kappa shape index (κ2) is 8.32. The fraction of sp³-hybridized carbons (Fsp3) is 0.320. The summed E-state index contributed by atoms with van der Waals surface area (Å²) in [6, 6.07) is 11.4. The fourth-order valence-electron chi connectivity index (χ4n) is 5.12. The van der Waals surface area contributed by atoms with Crippen molar-refractivity contribution in [2.75, 3.05) is 33.8 Å². The highest BCUT2D eigenvalue weighted by molar-refractivity contribution is 6.18. The van der Waals surface area contributed by atoms with Crippen LogP contribution in [-0.4, -0.2) is 54.7 Å². The molecule has 3 atom stereocenters. The number of hydrogen-bond donors (Lipinski definition) is 2. The number of likely N-dealkylation sites (tertiary alicyclic amines) is 1. The van der Waals surface area contributed by atoms with Crippen molar-refractivity contribution in [3.8, 4) is 17.2 Å². The quantitative estimate of drug-likeness (QED) is 0.548. The fourth-order valence-corrected chi connectivity index (χ4v) is 5.40. The van der Waals surface area contributed by atoms with Crippen LogP contribution in [0, 0.1) is 5.92 Å². The zero-order chi connectivity index (χ0) is 23.3. The molecule has 0 saturated carbocycles. The summed E-state index contributed by atoms with van der Waals surface area (Å²) in [5.74, 6) is 1.65. The van der Waals surface area contributed by atoms with Crippen LogP contribution >= 0.6 is 11.6 Å². The van der Waals surface area contributed by atoms with Gasteiger partial charge in [0.2, 0.25) is 5.75 Å². The number of carbonyl (C=O) groups is 1. The molecule has 0 spiro atoms. The third kappa shape index (κ3) is 3.26. The molecule has 2 N–H and O–H groups in total. The van der Waals surface area contributed by atoms with Gasteiger partial charge in [0.05, 0.1) is 33.0 Å². The molecule has 2 aromatic carbocycles. The number of allylic oxidation sites excluding steroid dienone is 1. The van der Waals surface area contributed by atoms with Crippen LogP contribution in [0.25, 0.3) is 10.9 Å². The molecule has 172 valence electrons. The second-order valence-electron chi connectivity index (χ2n) is 8.27. The van der Waals surface area contributed by atoms with E-state index in [9.17, 15) is 9.90 Å². The summed E-state index contributed by atoms with van der Waals surface area (Å²) >= 11 is 6.34. The van der Waals surface area contributed by atoms with E-state index in [1.165, 1.54) is 7.11 Å². The molecule has 2 unspecified atom stereocenters. The maximum atomic E-state index is 13.7. The van der Waals surface area contributed by atoms with Gasteiger partial charge in [-0.3, -0.25) is 4.79 Å². The maximum absolute atomic E-state index is 13.7. The Morgan fingerprint density at radius 3 is 2.52 bits per heavy atom. The van der Waals surface area contributed by atoms with Crippen LogP contribution < -0.4 is 14.2 Å². The maximum Gasteiger partial charge on any atom is 0.274 e. The van der Waals surface area contributed by atoms with Crippen molar-refractivity contribution in [3.05, 3.63) is 65.0 Å². The summed E-state index contributed by atoms with van der Waals surface area (Å²) in [5, 5.41) is 11.5. The van der Waals surface area contributed by atoms with Gasteiger partial charge in [-0.1, -0.05) is 24.3 Å². The highest BCUT2D eigenvalue weighted by Gasteiger charge is 2.44. The molecular weight excluding hydrogens is 444 g/mol. The molecule has 1 fully saturated rings. The molecule has 1 aliphatic heterocycles. The summed E-state index contributed by atoms with van der Waals surface area (Å²) in [7, 11) is 4.63. The molecule has 1 aromatic heterocycles. The number of ether oxygens (including phenoxy) is 3. The van der Waals surface area contributed by atoms with Crippen LogP contribution in [0.3, 0.4) is 0 Å². The number of aliphatic hydroxyl groups excluding tert-OH is 1. The number of hydrogen-bond acceptors (Lipinski definition) is 5. The molecular formula is C25H25ClN2O5. The van der Waals surface area contributed by atoms with Gasteiger partial charge >= 0.3 is 0 Å². The first kappa shape index (κ1) is 21.7. The Hall–Kier alpha value is -3.16. The number of fused-ring (bicyclic) bond motifs is 4. The lowest BCUT2D eigenvalue weighted by Crippen LogP contribution is -2.29. The van der Waals surface area contributed by atoms with Crippen LogP contribution in [0.5, 0.6) is 17.2 Å². The number of aromatic amines is 1. The van der Waals surface area contributed by atoms with Crippen LogP contribution in [0.1, 0.15) is 33.6 Å². The average molecular weight is 469 g/mol. The third-order valence-electron chi connectivity index (χ3n) is 6.59. The van der Waals surface area contributed by atoms with Gasteiger partial charge in [-0.25, -0.2) is 0 Å². The van der Waals surface area contributed by atoms with Crippen molar-refractivity contribution in [3.63, 3.8) is 0 Å². The second-order valence-corrected chi connectivity index (χ2v) is 8.57. The number of alkyl halides is 1. The molecule has 1 amide bonds. The van der Waals surface area contributed by atoms with E-state index in [0.29, 0.717) is 40.9 Å². The van der Waals surface area contributed by atoms with Crippen molar-refractivity contribution < 1.29 is 24.1 Å². The van der Waals surface area contributed by atoms with Crippen LogP contribution in [0.15, 0.2) is 48.2 Å². The smallest absolute Gasteiger partial charge is 0.274 e. The minimum Gasteiger partial charge on any atom is -0.493 e. The van der Waals surface area contributed by atoms with Gasteiger partial charge in [-0.15, -0.1) is 11.6 Å². The first-order valence-electron chi connectivity index (χ1n) is 10.7. The van der Waals surface area contributed by atoms with E-state index in [1.54, 1.807) is 37.3 Å². The van der Waals surface area contributed by atoms with Crippen molar-refractivity contribution in [2.24, 2.45) is 5.92 Å². The normalized spacial score (nSPS) is 21.4. The number of aromatic nitrogens is 1. The van der Waals surface area contributed by atoms with Gasteiger partial charge < -0.3 is 29.2 Å². The summed E-state index contributed by atoms with van der Waals surface area (Å²) in [5.41, 5.74) is 3.73. The van der Waals surface area contributed by atoms with E-state index < -0.39 is 6.10 Å². The molecule has 5 rings (SSSR count). The van der Waals surface area contributed by atoms with Crippen molar-refractivity contribution >= 4 is 28.4 Å². The molecule has 0 radical (unpaired) electrons. The Labute approximate surface area is 196 Å². The largest absolute Gasteiger partial charge is 0.493 e. The van der Waals surface area contributed by atoms with Gasteiger partial charge in [0, 0.05) is 35.3 Å². The minimum atomic E-state index is -0.770. The molecule has 1 aliphatic carbocycles. The minimum absolute atomic E-state index is 0.0369. The molecule has 1 saturated heterocycles. The van der Waals surface area contributed by atoms with E-state index in [2.05, 4.69) is 4.98 Å². The lowest BCUT2D eigenvalue weighted by Gasteiger charge is -2.29. The Morgan fingerprint density at radius 2 is 1.85 bits per heavy atom. The SMILES string of the molecule is COc1cc2cc(C(=O)N3C[C@@H](CCl)C4C3=CC(O)c3ccccc34)[nH]c2c(OC)c1OC. The van der Waals surface area contributed by atoms with Crippen molar-refractivity contribution in [1.29, 1.82) is 0 Å². The number of halogens is 1. The van der Waals surface area contributed by atoms with Gasteiger partial charge in [-0.2, -0.15) is 0 Å². The van der Waals surface area contributed by atoms with Gasteiger partial charge in [-0.05, 0) is 29.3 Å². The van der Waals surface area contributed by atoms with Crippen LogP contribution in [0.4, 0.5) is 0 Å². The highest BCUT2D eigenvalue weighted by Crippen LogP contribution is 2.49. The molecule has 2 aliphatic rings. The molecule has 8 heteroatoms. The van der Waals surface area contributed by atoms with E-state index in [1.807, 2.05) is 24.3 Å². The van der Waals surface area contributed by atoms with Gasteiger partial charge in [0.1, 0.15) is 5.69 Å². The Bertz CT molecular complexity index is 1270. The van der Waals surface area contributed by atoms with E-state index in [4.69, 9.17) is 25.8 Å². The van der Waals surface area contributed by atoms with Crippen LogP contribution in [0.2, 0.25) is 0 Å². The molecule has 7 nitrogen and oxygen atoms in total. The zero-order valence-corrected chi connectivity index (χ0v) is 19.3. The van der Waals surface area contributed by atoms with Crippen molar-refractivity contribution in [2.45, 2.75) is 12.0 Å². The summed E-state index contributed by atoms with van der Waals surface area (Å²) in [6.45, 7) is 0.471. The third-order valence-corrected chi connectivity index (χ3v) is 6.99. The number of amides is 1. The number of benzene rings is 2. The number of nitrogens with zero attached hydrogens (tertiary/aromatic N) is 1. The number of H-pyrrole nitrogens is 1.